The third-order valence-corrected chi connectivity index (χ3v) is 3.05. The van der Waals surface area contributed by atoms with E-state index >= 15 is 0 Å². The Morgan fingerprint density at radius 3 is 2.41 bits per heavy atom. The summed E-state index contributed by atoms with van der Waals surface area (Å²) >= 11 is 6.19. The summed E-state index contributed by atoms with van der Waals surface area (Å²) in [5, 5.41) is 0.711. The molecule has 0 N–H and O–H groups in total. The van der Waals surface area contributed by atoms with Crippen molar-refractivity contribution in [3.63, 3.8) is 0 Å². The van der Waals surface area contributed by atoms with E-state index in [-0.39, 0.29) is 0 Å². The molecule has 0 aliphatic heterocycles. The average molecular weight is 256 g/mol. The van der Waals surface area contributed by atoms with Crippen LogP contribution in [0.25, 0.3) is 0 Å². The maximum atomic E-state index is 6.19. The molecule has 0 saturated heterocycles. The lowest BCUT2D eigenvalue weighted by molar-refractivity contribution is 0.295. The predicted molar refractivity (Wildman–Crippen MR) is 73.9 cm³/mol. The summed E-state index contributed by atoms with van der Waals surface area (Å²) in [5.41, 5.74) is 1.24. The predicted octanol–water partition coefficient (Wildman–Crippen LogP) is 3.97. The van der Waals surface area contributed by atoms with Gasteiger partial charge in [-0.15, -0.1) is 0 Å². The van der Waals surface area contributed by atoms with Gasteiger partial charge in [-0.3, -0.25) is 4.90 Å². The molecule has 0 spiro atoms. The molecule has 0 aromatic heterocycles. The van der Waals surface area contributed by atoms with E-state index in [1.165, 1.54) is 5.56 Å². The van der Waals surface area contributed by atoms with Crippen LogP contribution in [0.4, 0.5) is 0 Å². The van der Waals surface area contributed by atoms with Gasteiger partial charge in [-0.2, -0.15) is 0 Å². The van der Waals surface area contributed by atoms with Crippen LogP contribution in [-0.2, 0) is 6.54 Å². The highest BCUT2D eigenvalue weighted by atomic mass is 35.5. The second kappa shape index (κ2) is 7.57. The van der Waals surface area contributed by atoms with E-state index in [0.717, 1.165) is 38.4 Å². The van der Waals surface area contributed by atoms with Crippen molar-refractivity contribution in [3.8, 4) is 5.75 Å². The molecule has 0 fully saturated rings. The third-order valence-electron chi connectivity index (χ3n) is 2.76. The van der Waals surface area contributed by atoms with Crippen LogP contribution in [0.1, 0.15) is 32.8 Å². The second-order valence-corrected chi connectivity index (χ2v) is 4.48. The molecular weight excluding hydrogens is 234 g/mol. The fourth-order valence-electron chi connectivity index (χ4n) is 1.68. The Morgan fingerprint density at radius 2 is 1.88 bits per heavy atom. The normalized spacial score (nSPS) is 10.9. The van der Waals surface area contributed by atoms with Crippen LogP contribution < -0.4 is 4.74 Å². The summed E-state index contributed by atoms with van der Waals surface area (Å²) in [7, 11) is 0. The molecule has 3 heteroatoms. The maximum Gasteiger partial charge on any atom is 0.137 e. The van der Waals surface area contributed by atoms with E-state index in [9.17, 15) is 0 Å². The Labute approximate surface area is 110 Å². The van der Waals surface area contributed by atoms with Crippen LogP contribution in [0, 0.1) is 0 Å². The second-order valence-electron chi connectivity index (χ2n) is 4.07. The van der Waals surface area contributed by atoms with Crippen LogP contribution >= 0.6 is 11.6 Å². The molecule has 0 heterocycles. The number of nitrogens with zero attached hydrogens (tertiary/aromatic N) is 1. The van der Waals surface area contributed by atoms with Crippen molar-refractivity contribution >= 4 is 11.6 Å². The van der Waals surface area contributed by atoms with E-state index in [1.54, 1.807) is 0 Å². The monoisotopic (exact) mass is 255 g/mol. The van der Waals surface area contributed by atoms with Gasteiger partial charge in [-0.05, 0) is 37.2 Å². The maximum absolute atomic E-state index is 6.19. The Balaban J connectivity index is 2.67. The fourth-order valence-corrected chi connectivity index (χ4v) is 1.93. The summed E-state index contributed by atoms with van der Waals surface area (Å²) in [6.45, 7) is 10.2. The highest BCUT2D eigenvalue weighted by molar-refractivity contribution is 6.32. The molecule has 0 amide bonds. The van der Waals surface area contributed by atoms with Gasteiger partial charge >= 0.3 is 0 Å². The molecule has 0 aliphatic rings. The Kier molecular flexibility index (Phi) is 6.38. The van der Waals surface area contributed by atoms with Gasteiger partial charge in [0, 0.05) is 6.54 Å². The van der Waals surface area contributed by atoms with Gasteiger partial charge in [0.1, 0.15) is 5.75 Å². The lowest BCUT2D eigenvalue weighted by Crippen LogP contribution is -2.22. The van der Waals surface area contributed by atoms with Gasteiger partial charge in [-0.1, -0.05) is 38.4 Å². The molecule has 0 aliphatic carbocycles. The molecule has 0 bridgehead atoms. The van der Waals surface area contributed by atoms with E-state index in [1.807, 2.05) is 12.1 Å². The van der Waals surface area contributed by atoms with Crippen LogP contribution in [0.15, 0.2) is 18.2 Å². The summed E-state index contributed by atoms with van der Waals surface area (Å²) in [5.74, 6) is 0.789. The quantitative estimate of drug-likeness (QED) is 0.731. The smallest absolute Gasteiger partial charge is 0.137 e. The SMILES string of the molecule is CCCOc1ccc(CN(CC)CC)cc1Cl. The van der Waals surface area contributed by atoms with Gasteiger partial charge in [0.05, 0.1) is 11.6 Å². The standard InChI is InChI=1S/C14H22ClNO/c1-4-9-17-14-8-7-12(10-13(14)15)11-16(5-2)6-3/h7-8,10H,4-6,9,11H2,1-3H3. The van der Waals surface area contributed by atoms with Crippen LogP contribution in [-0.4, -0.2) is 24.6 Å². The molecule has 17 heavy (non-hydrogen) atoms. The highest BCUT2D eigenvalue weighted by Gasteiger charge is 2.05. The number of benzene rings is 1. The number of hydrogen-bond donors (Lipinski definition) is 0. The first-order valence-corrected chi connectivity index (χ1v) is 6.72. The Hall–Kier alpha value is -0.730. The zero-order chi connectivity index (χ0) is 12.7. The molecular formula is C14H22ClNO. The zero-order valence-corrected chi connectivity index (χ0v) is 11.8. The average Bonchev–Trinajstić information content (AvgIpc) is 2.35. The van der Waals surface area contributed by atoms with Gasteiger partial charge in [-0.25, -0.2) is 0 Å². The number of ether oxygens (including phenoxy) is 1. The summed E-state index contributed by atoms with van der Waals surface area (Å²) in [6.07, 6.45) is 0.998. The van der Waals surface area contributed by atoms with Crippen molar-refractivity contribution in [2.45, 2.75) is 33.7 Å². The number of hydrogen-bond acceptors (Lipinski definition) is 2. The molecule has 0 radical (unpaired) electrons. The lowest BCUT2D eigenvalue weighted by atomic mass is 10.2. The first-order chi connectivity index (χ1) is 8.21. The molecule has 1 aromatic rings. The minimum atomic E-state index is 0.711. The summed E-state index contributed by atoms with van der Waals surface area (Å²) in [4.78, 5) is 2.36. The van der Waals surface area contributed by atoms with E-state index in [0.29, 0.717) is 5.02 Å². The van der Waals surface area contributed by atoms with Crippen molar-refractivity contribution < 1.29 is 4.74 Å². The zero-order valence-electron chi connectivity index (χ0n) is 11.0. The van der Waals surface area contributed by atoms with Crippen LogP contribution in [0.3, 0.4) is 0 Å². The summed E-state index contributed by atoms with van der Waals surface area (Å²) < 4.78 is 5.55. The molecule has 96 valence electrons. The summed E-state index contributed by atoms with van der Waals surface area (Å²) in [6, 6.07) is 6.07. The lowest BCUT2D eigenvalue weighted by Gasteiger charge is -2.18. The minimum absolute atomic E-state index is 0.711. The highest BCUT2D eigenvalue weighted by Crippen LogP contribution is 2.26. The third kappa shape index (κ3) is 4.57. The van der Waals surface area contributed by atoms with Crippen molar-refractivity contribution in [2.75, 3.05) is 19.7 Å². The van der Waals surface area contributed by atoms with E-state index in [4.69, 9.17) is 16.3 Å². The van der Waals surface area contributed by atoms with Gasteiger partial charge in [0.15, 0.2) is 0 Å². The molecule has 0 saturated carbocycles. The molecule has 2 nitrogen and oxygen atoms in total. The van der Waals surface area contributed by atoms with Gasteiger partial charge in [0.2, 0.25) is 0 Å². The molecule has 0 unspecified atom stereocenters. The topological polar surface area (TPSA) is 12.5 Å². The first kappa shape index (κ1) is 14.3. The Morgan fingerprint density at radius 1 is 1.18 bits per heavy atom. The number of rotatable bonds is 7. The molecule has 0 atom stereocenters. The van der Waals surface area contributed by atoms with Gasteiger partial charge in [0.25, 0.3) is 0 Å². The van der Waals surface area contributed by atoms with Crippen LogP contribution in [0.5, 0.6) is 5.75 Å². The van der Waals surface area contributed by atoms with E-state index < -0.39 is 0 Å². The Bertz CT molecular complexity index is 337. The fraction of sp³-hybridized carbons (Fsp3) is 0.571. The van der Waals surface area contributed by atoms with E-state index in [2.05, 4.69) is 31.7 Å². The molecule has 1 rings (SSSR count). The van der Waals surface area contributed by atoms with Crippen molar-refractivity contribution in [1.82, 2.24) is 4.90 Å². The first-order valence-electron chi connectivity index (χ1n) is 6.34. The van der Waals surface area contributed by atoms with Crippen molar-refractivity contribution in [1.29, 1.82) is 0 Å². The largest absolute Gasteiger partial charge is 0.492 e. The van der Waals surface area contributed by atoms with Crippen molar-refractivity contribution in [2.24, 2.45) is 0 Å². The van der Waals surface area contributed by atoms with Gasteiger partial charge < -0.3 is 4.74 Å². The van der Waals surface area contributed by atoms with Crippen molar-refractivity contribution in [3.05, 3.63) is 28.8 Å². The minimum Gasteiger partial charge on any atom is -0.492 e. The van der Waals surface area contributed by atoms with Crippen LogP contribution in [0.2, 0.25) is 5.02 Å². The molecule has 1 aromatic carbocycles. The number of halogens is 1.